The van der Waals surface area contributed by atoms with Crippen molar-refractivity contribution in [1.82, 2.24) is 5.32 Å². The van der Waals surface area contributed by atoms with E-state index in [1.54, 1.807) is 6.92 Å². The Morgan fingerprint density at radius 3 is 2.63 bits per heavy atom. The van der Waals surface area contributed by atoms with Crippen molar-refractivity contribution in [3.05, 3.63) is 29.8 Å². The number of carbonyl (C=O) groups excluding carboxylic acids is 1. The second-order valence-electron chi connectivity index (χ2n) is 4.63. The van der Waals surface area contributed by atoms with Crippen LogP contribution in [-0.4, -0.2) is 25.7 Å². The van der Waals surface area contributed by atoms with E-state index in [0.29, 0.717) is 0 Å². The van der Waals surface area contributed by atoms with Gasteiger partial charge in [-0.2, -0.15) is 0 Å². The molecule has 1 amide bonds. The highest BCUT2D eigenvalue weighted by molar-refractivity contribution is 5.94. The van der Waals surface area contributed by atoms with Gasteiger partial charge in [0.15, 0.2) is 0 Å². The van der Waals surface area contributed by atoms with Crippen LogP contribution in [-0.2, 0) is 9.53 Å². The maximum Gasteiger partial charge on any atom is 0.253 e. The molecule has 0 saturated heterocycles. The van der Waals surface area contributed by atoms with E-state index in [0.717, 1.165) is 24.2 Å². The van der Waals surface area contributed by atoms with E-state index in [2.05, 4.69) is 24.5 Å². The van der Waals surface area contributed by atoms with E-state index in [1.165, 1.54) is 7.11 Å². The minimum Gasteiger partial charge on any atom is -0.372 e. The fraction of sp³-hybridized carbons (Fsp3) is 0.533. The zero-order valence-electron chi connectivity index (χ0n) is 12.2. The maximum atomic E-state index is 11.9. The smallest absolute Gasteiger partial charge is 0.253 e. The number of nitrogens with one attached hydrogen (secondary N) is 2. The van der Waals surface area contributed by atoms with Crippen LogP contribution in [0.3, 0.4) is 0 Å². The van der Waals surface area contributed by atoms with Crippen molar-refractivity contribution >= 4 is 11.6 Å². The largest absolute Gasteiger partial charge is 0.372 e. The average molecular weight is 264 g/mol. The number of hydrogen-bond donors (Lipinski definition) is 2. The van der Waals surface area contributed by atoms with Crippen molar-refractivity contribution in [1.29, 1.82) is 0 Å². The van der Waals surface area contributed by atoms with Crippen molar-refractivity contribution in [3.63, 3.8) is 0 Å². The summed E-state index contributed by atoms with van der Waals surface area (Å²) in [4.78, 5) is 11.9. The molecule has 19 heavy (non-hydrogen) atoms. The van der Waals surface area contributed by atoms with Gasteiger partial charge in [-0.25, -0.2) is 0 Å². The van der Waals surface area contributed by atoms with E-state index in [4.69, 9.17) is 4.74 Å². The van der Waals surface area contributed by atoms with Gasteiger partial charge in [0.2, 0.25) is 0 Å². The summed E-state index contributed by atoms with van der Waals surface area (Å²) in [6.07, 6.45) is 0.631. The van der Waals surface area contributed by atoms with Crippen LogP contribution in [0.25, 0.3) is 0 Å². The lowest BCUT2D eigenvalue weighted by Crippen LogP contribution is -2.28. The molecule has 0 aromatic heterocycles. The summed E-state index contributed by atoms with van der Waals surface area (Å²) >= 11 is 0. The monoisotopic (exact) mass is 264 g/mol. The van der Waals surface area contributed by atoms with Crippen molar-refractivity contribution < 1.29 is 9.53 Å². The summed E-state index contributed by atoms with van der Waals surface area (Å²) < 4.78 is 5.02. The highest BCUT2D eigenvalue weighted by Gasteiger charge is 2.15. The Balaban J connectivity index is 2.80. The number of benzene rings is 1. The lowest BCUT2D eigenvalue weighted by molar-refractivity contribution is -0.124. The van der Waals surface area contributed by atoms with Gasteiger partial charge < -0.3 is 15.4 Å². The number of hydrogen-bond acceptors (Lipinski definition) is 3. The Morgan fingerprint density at radius 2 is 2.00 bits per heavy atom. The summed E-state index contributed by atoms with van der Waals surface area (Å²) in [5.74, 6) is -0.127. The molecular weight excluding hydrogens is 240 g/mol. The number of carbonyl (C=O) groups is 1. The number of rotatable bonds is 7. The quantitative estimate of drug-likeness (QED) is 0.796. The Hall–Kier alpha value is -1.39. The second-order valence-corrected chi connectivity index (χ2v) is 4.63. The van der Waals surface area contributed by atoms with Crippen molar-refractivity contribution in [3.8, 4) is 0 Å². The van der Waals surface area contributed by atoms with Crippen LogP contribution in [0.1, 0.15) is 38.8 Å². The molecule has 1 rings (SSSR count). The molecule has 0 saturated carbocycles. The van der Waals surface area contributed by atoms with E-state index in [-0.39, 0.29) is 11.9 Å². The van der Waals surface area contributed by atoms with Crippen LogP contribution in [0.5, 0.6) is 0 Å². The van der Waals surface area contributed by atoms with Crippen LogP contribution in [0, 0.1) is 0 Å². The van der Waals surface area contributed by atoms with Gasteiger partial charge in [-0.15, -0.1) is 0 Å². The molecule has 0 spiro atoms. The minimum absolute atomic E-state index is 0.127. The molecule has 2 unspecified atom stereocenters. The number of anilines is 1. The Kier molecular flexibility index (Phi) is 6.53. The fourth-order valence-corrected chi connectivity index (χ4v) is 1.80. The number of amides is 1. The van der Waals surface area contributed by atoms with Crippen LogP contribution < -0.4 is 10.6 Å². The summed E-state index contributed by atoms with van der Waals surface area (Å²) in [7, 11) is 1.53. The van der Waals surface area contributed by atoms with Crippen molar-refractivity contribution in [2.45, 2.75) is 39.3 Å². The minimum atomic E-state index is -0.452. The zero-order valence-corrected chi connectivity index (χ0v) is 12.2. The average Bonchev–Trinajstić information content (AvgIpc) is 2.44. The Labute approximate surface area is 115 Å². The molecule has 0 aliphatic carbocycles. The van der Waals surface area contributed by atoms with Gasteiger partial charge in [0, 0.05) is 18.8 Å². The van der Waals surface area contributed by atoms with Crippen LogP contribution in [0.15, 0.2) is 24.3 Å². The molecule has 4 nitrogen and oxygen atoms in total. The lowest BCUT2D eigenvalue weighted by atomic mass is 10.1. The lowest BCUT2D eigenvalue weighted by Gasteiger charge is -2.19. The van der Waals surface area contributed by atoms with Gasteiger partial charge in [-0.1, -0.05) is 25.1 Å². The number of ether oxygens (including phenoxy) is 1. The SMILES string of the molecule is CCCNC(C)c1ccccc1NC(=O)C(C)OC. The van der Waals surface area contributed by atoms with Crippen LogP contribution >= 0.6 is 0 Å². The molecule has 0 aliphatic rings. The molecule has 0 heterocycles. The predicted molar refractivity (Wildman–Crippen MR) is 78.3 cm³/mol. The molecule has 2 atom stereocenters. The van der Waals surface area contributed by atoms with Crippen LogP contribution in [0.4, 0.5) is 5.69 Å². The summed E-state index contributed by atoms with van der Waals surface area (Å²) in [6.45, 7) is 6.92. The third-order valence-electron chi connectivity index (χ3n) is 3.11. The molecule has 1 aromatic rings. The molecule has 2 N–H and O–H groups in total. The summed E-state index contributed by atoms with van der Waals surface area (Å²) in [5.41, 5.74) is 1.93. The number of para-hydroxylation sites is 1. The first-order valence-electron chi connectivity index (χ1n) is 6.76. The third kappa shape index (κ3) is 4.65. The van der Waals surface area contributed by atoms with E-state index >= 15 is 0 Å². The highest BCUT2D eigenvalue weighted by atomic mass is 16.5. The molecule has 0 bridgehead atoms. The third-order valence-corrected chi connectivity index (χ3v) is 3.11. The maximum absolute atomic E-state index is 11.9. The van der Waals surface area contributed by atoms with Gasteiger partial charge in [0.1, 0.15) is 6.10 Å². The van der Waals surface area contributed by atoms with Gasteiger partial charge >= 0.3 is 0 Å². The molecule has 106 valence electrons. The van der Waals surface area contributed by atoms with Gasteiger partial charge in [-0.05, 0) is 38.4 Å². The predicted octanol–water partition coefficient (Wildman–Crippen LogP) is 2.72. The summed E-state index contributed by atoms with van der Waals surface area (Å²) in [6, 6.07) is 8.05. The van der Waals surface area contributed by atoms with Crippen molar-refractivity contribution in [2.24, 2.45) is 0 Å². The normalized spacial score (nSPS) is 13.9. The first-order valence-corrected chi connectivity index (χ1v) is 6.76. The zero-order chi connectivity index (χ0) is 14.3. The fourth-order valence-electron chi connectivity index (χ4n) is 1.80. The van der Waals surface area contributed by atoms with E-state index in [1.807, 2.05) is 24.3 Å². The van der Waals surface area contributed by atoms with Crippen molar-refractivity contribution in [2.75, 3.05) is 19.0 Å². The molecule has 4 heteroatoms. The summed E-state index contributed by atoms with van der Waals surface area (Å²) in [5, 5.41) is 6.34. The molecule has 0 fully saturated rings. The molecule has 0 radical (unpaired) electrons. The number of methoxy groups -OCH3 is 1. The highest BCUT2D eigenvalue weighted by Crippen LogP contribution is 2.22. The Morgan fingerprint density at radius 1 is 1.32 bits per heavy atom. The first kappa shape index (κ1) is 15.7. The van der Waals surface area contributed by atoms with Gasteiger partial charge in [0.25, 0.3) is 5.91 Å². The van der Waals surface area contributed by atoms with Gasteiger partial charge in [-0.3, -0.25) is 4.79 Å². The first-order chi connectivity index (χ1) is 9.10. The van der Waals surface area contributed by atoms with E-state index in [9.17, 15) is 4.79 Å². The van der Waals surface area contributed by atoms with E-state index < -0.39 is 6.10 Å². The molecular formula is C15H24N2O2. The Bertz CT molecular complexity index is 407. The molecule has 0 aliphatic heterocycles. The molecule has 1 aromatic carbocycles. The van der Waals surface area contributed by atoms with Gasteiger partial charge in [0.05, 0.1) is 0 Å². The second kappa shape index (κ2) is 7.92. The van der Waals surface area contributed by atoms with Crippen LogP contribution in [0.2, 0.25) is 0 Å². The standard InChI is InChI=1S/C15H24N2O2/c1-5-10-16-11(2)13-8-6-7-9-14(13)17-15(18)12(3)19-4/h6-9,11-12,16H,5,10H2,1-4H3,(H,17,18). The topological polar surface area (TPSA) is 50.4 Å².